The fourth-order valence-electron chi connectivity index (χ4n) is 2.53. The fourth-order valence-corrected chi connectivity index (χ4v) is 3.38. The highest BCUT2D eigenvalue weighted by Gasteiger charge is 2.11. The molecule has 2 N–H and O–H groups in total. The Morgan fingerprint density at radius 2 is 1.59 bits per heavy atom. The largest absolute Gasteiger partial charge is 0.357 e. The normalized spacial score (nSPS) is 11.7. The van der Waals surface area contributed by atoms with Crippen LogP contribution in [0.15, 0.2) is 41.4 Å². The van der Waals surface area contributed by atoms with E-state index < -0.39 is 27.3 Å². The highest BCUT2D eigenvalue weighted by atomic mass is 127. The number of halogens is 4. The molecule has 29 heavy (non-hydrogen) atoms. The van der Waals surface area contributed by atoms with Gasteiger partial charge in [0.25, 0.3) is 0 Å². The first-order valence-corrected chi connectivity index (χ1v) is 10.6. The molecular formula is C19H23F3IN3O2S. The van der Waals surface area contributed by atoms with Crippen molar-refractivity contribution in [2.75, 3.05) is 12.8 Å². The van der Waals surface area contributed by atoms with Gasteiger partial charge in [-0.1, -0.05) is 6.07 Å². The molecule has 2 aromatic rings. The summed E-state index contributed by atoms with van der Waals surface area (Å²) in [5, 5.41) is 5.91. The van der Waals surface area contributed by atoms with E-state index in [1.807, 2.05) is 6.92 Å². The minimum absolute atomic E-state index is 0. The molecule has 0 aliphatic carbocycles. The van der Waals surface area contributed by atoms with Crippen LogP contribution in [0.25, 0.3) is 0 Å². The highest BCUT2D eigenvalue weighted by Crippen LogP contribution is 2.15. The Kier molecular flexibility index (Phi) is 9.90. The molecule has 0 aliphatic rings. The molecule has 0 amide bonds. The lowest BCUT2D eigenvalue weighted by Gasteiger charge is -2.14. The highest BCUT2D eigenvalue weighted by molar-refractivity contribution is 14.0. The summed E-state index contributed by atoms with van der Waals surface area (Å²) in [6.45, 7) is 2.35. The van der Waals surface area contributed by atoms with Crippen molar-refractivity contribution in [3.05, 3.63) is 70.5 Å². The van der Waals surface area contributed by atoms with Crippen LogP contribution >= 0.6 is 24.0 Å². The summed E-state index contributed by atoms with van der Waals surface area (Å²) in [5.41, 5.74) is 1.04. The predicted octanol–water partition coefficient (Wildman–Crippen LogP) is 3.52. The molecule has 5 nitrogen and oxygen atoms in total. The van der Waals surface area contributed by atoms with Crippen molar-refractivity contribution < 1.29 is 21.6 Å². The van der Waals surface area contributed by atoms with E-state index in [0.29, 0.717) is 23.6 Å². The molecule has 2 aromatic carbocycles. The maximum absolute atomic E-state index is 13.7. The van der Waals surface area contributed by atoms with Crippen LogP contribution in [0.1, 0.15) is 23.6 Å². The molecule has 0 atom stereocenters. The minimum atomic E-state index is -3.29. The summed E-state index contributed by atoms with van der Waals surface area (Å²) in [7, 11) is -3.29. The number of guanidine groups is 1. The molecular weight excluding hydrogens is 518 g/mol. The van der Waals surface area contributed by atoms with Crippen LogP contribution in [0.4, 0.5) is 13.2 Å². The van der Waals surface area contributed by atoms with Crippen LogP contribution in [0.3, 0.4) is 0 Å². The smallest absolute Gasteiger partial charge is 0.191 e. The summed E-state index contributed by atoms with van der Waals surface area (Å²) in [5.74, 6) is -1.53. The van der Waals surface area contributed by atoms with Crippen LogP contribution in [0.5, 0.6) is 0 Å². The van der Waals surface area contributed by atoms with Gasteiger partial charge in [-0.2, -0.15) is 0 Å². The minimum Gasteiger partial charge on any atom is -0.357 e. The van der Waals surface area contributed by atoms with Gasteiger partial charge in [-0.15, -0.1) is 24.0 Å². The maximum atomic E-state index is 13.7. The summed E-state index contributed by atoms with van der Waals surface area (Å²) in [6, 6.07) is 7.02. The number of benzene rings is 2. The van der Waals surface area contributed by atoms with Gasteiger partial charge < -0.3 is 10.6 Å². The lowest BCUT2D eigenvalue weighted by molar-refractivity contribution is 0.585. The molecule has 0 bridgehead atoms. The zero-order chi connectivity index (χ0) is 20.7. The zero-order valence-electron chi connectivity index (χ0n) is 16.0. The maximum Gasteiger partial charge on any atom is 0.191 e. The van der Waals surface area contributed by atoms with Crippen molar-refractivity contribution in [1.82, 2.24) is 10.6 Å². The Labute approximate surface area is 185 Å². The van der Waals surface area contributed by atoms with E-state index in [2.05, 4.69) is 15.6 Å². The molecule has 0 aromatic heterocycles. The van der Waals surface area contributed by atoms with E-state index in [4.69, 9.17) is 0 Å². The van der Waals surface area contributed by atoms with Gasteiger partial charge in [0.15, 0.2) is 15.8 Å². The van der Waals surface area contributed by atoms with Crippen LogP contribution in [0.2, 0.25) is 0 Å². The second-order valence-electron chi connectivity index (χ2n) is 6.27. The van der Waals surface area contributed by atoms with E-state index in [1.54, 1.807) is 0 Å². The third kappa shape index (κ3) is 8.60. The fraction of sp³-hybridized carbons (Fsp3) is 0.316. The molecule has 160 valence electrons. The molecule has 0 spiro atoms. The van der Waals surface area contributed by atoms with Crippen molar-refractivity contribution in [3.8, 4) is 0 Å². The van der Waals surface area contributed by atoms with Gasteiger partial charge in [-0.05, 0) is 48.4 Å². The Hall–Kier alpha value is -1.82. The Bertz CT molecular complexity index is 969. The monoisotopic (exact) mass is 541 g/mol. The van der Waals surface area contributed by atoms with Crippen molar-refractivity contribution >= 4 is 39.8 Å². The summed E-state index contributed by atoms with van der Waals surface area (Å²) in [4.78, 5) is 4.20. The molecule has 0 saturated heterocycles. The van der Waals surface area contributed by atoms with Gasteiger partial charge in [-0.3, -0.25) is 0 Å². The van der Waals surface area contributed by atoms with Gasteiger partial charge in [0.1, 0.15) is 17.5 Å². The van der Waals surface area contributed by atoms with E-state index in [1.165, 1.54) is 18.2 Å². The van der Waals surface area contributed by atoms with Gasteiger partial charge in [0.2, 0.25) is 0 Å². The van der Waals surface area contributed by atoms with Crippen LogP contribution in [-0.2, 0) is 28.7 Å². The van der Waals surface area contributed by atoms with E-state index in [0.717, 1.165) is 24.5 Å². The number of aliphatic imine (C=N–C) groups is 1. The van der Waals surface area contributed by atoms with Crippen LogP contribution < -0.4 is 10.6 Å². The summed E-state index contributed by atoms with van der Waals surface area (Å²) < 4.78 is 63.8. The standard InChI is InChI=1S/C19H22F3N3O2S.HI/c1-3-23-19(25-11-15-9-17(21)6-7-18(15)22)24-10-14-8-16(20)5-4-13(14)12-28(2,26)27;/h4-9H,3,10-12H2,1-2H3,(H2,23,24,25);1H. The van der Waals surface area contributed by atoms with Crippen molar-refractivity contribution in [3.63, 3.8) is 0 Å². The first-order valence-electron chi connectivity index (χ1n) is 8.59. The first-order chi connectivity index (χ1) is 13.2. The molecule has 0 radical (unpaired) electrons. The molecule has 0 saturated carbocycles. The Morgan fingerprint density at radius 3 is 2.21 bits per heavy atom. The van der Waals surface area contributed by atoms with Gasteiger partial charge in [0, 0.05) is 24.9 Å². The second-order valence-corrected chi connectivity index (χ2v) is 8.41. The lowest BCUT2D eigenvalue weighted by atomic mass is 10.1. The SMILES string of the molecule is CCNC(=NCc1cc(F)ccc1F)NCc1cc(F)ccc1CS(C)(=O)=O.I. The van der Waals surface area contributed by atoms with Crippen molar-refractivity contribution in [1.29, 1.82) is 0 Å². The quantitative estimate of drug-likeness (QED) is 0.320. The van der Waals surface area contributed by atoms with E-state index in [-0.39, 0.29) is 48.4 Å². The first kappa shape index (κ1) is 25.2. The van der Waals surface area contributed by atoms with E-state index >= 15 is 0 Å². The van der Waals surface area contributed by atoms with Gasteiger partial charge in [-0.25, -0.2) is 26.6 Å². The van der Waals surface area contributed by atoms with Gasteiger partial charge in [0.05, 0.1) is 12.3 Å². The second kappa shape index (κ2) is 11.4. The molecule has 0 unspecified atom stereocenters. The number of hydrogen-bond donors (Lipinski definition) is 2. The lowest BCUT2D eigenvalue weighted by Crippen LogP contribution is -2.37. The van der Waals surface area contributed by atoms with Crippen LogP contribution in [0, 0.1) is 17.5 Å². The number of sulfone groups is 1. The predicted molar refractivity (Wildman–Crippen MR) is 118 cm³/mol. The summed E-state index contributed by atoms with van der Waals surface area (Å²) >= 11 is 0. The molecule has 0 aliphatic heterocycles. The third-order valence-corrected chi connectivity index (χ3v) is 4.63. The average molecular weight is 541 g/mol. The average Bonchev–Trinajstić information content (AvgIpc) is 2.61. The third-order valence-electron chi connectivity index (χ3n) is 3.79. The number of hydrogen-bond acceptors (Lipinski definition) is 3. The van der Waals surface area contributed by atoms with Crippen molar-refractivity contribution in [2.24, 2.45) is 4.99 Å². The Balaban J connectivity index is 0.00000420. The van der Waals surface area contributed by atoms with Crippen LogP contribution in [-0.4, -0.2) is 27.2 Å². The van der Waals surface area contributed by atoms with E-state index in [9.17, 15) is 21.6 Å². The molecule has 10 heteroatoms. The number of nitrogens with one attached hydrogen (secondary N) is 2. The Morgan fingerprint density at radius 1 is 0.966 bits per heavy atom. The molecule has 0 fully saturated rings. The van der Waals surface area contributed by atoms with Crippen molar-refractivity contribution in [2.45, 2.75) is 25.8 Å². The zero-order valence-corrected chi connectivity index (χ0v) is 19.2. The molecule has 2 rings (SSSR count). The van der Waals surface area contributed by atoms with Gasteiger partial charge >= 0.3 is 0 Å². The number of nitrogens with zero attached hydrogens (tertiary/aromatic N) is 1. The topological polar surface area (TPSA) is 70.6 Å². The number of rotatable bonds is 7. The summed E-state index contributed by atoms with van der Waals surface area (Å²) in [6.07, 6.45) is 1.10. The molecule has 0 heterocycles.